The normalized spacial score (nSPS) is 20.6. The summed E-state index contributed by atoms with van der Waals surface area (Å²) < 4.78 is 11.4. The second kappa shape index (κ2) is 9.75. The highest BCUT2D eigenvalue weighted by atomic mass is 16.5. The molecule has 1 fully saturated rings. The Morgan fingerprint density at radius 2 is 1.79 bits per heavy atom. The Morgan fingerprint density at radius 3 is 2.50 bits per heavy atom. The van der Waals surface area contributed by atoms with Crippen molar-refractivity contribution < 1.29 is 23.9 Å². The van der Waals surface area contributed by atoms with E-state index in [0.717, 1.165) is 23.3 Å². The summed E-state index contributed by atoms with van der Waals surface area (Å²) in [5.41, 5.74) is 0.248. The first-order valence-electron chi connectivity index (χ1n) is 11.7. The van der Waals surface area contributed by atoms with Crippen molar-refractivity contribution in [1.29, 1.82) is 0 Å². The Labute approximate surface area is 199 Å². The molecule has 4 rings (SSSR count). The Kier molecular flexibility index (Phi) is 6.77. The van der Waals surface area contributed by atoms with Crippen LogP contribution in [-0.4, -0.2) is 42.5 Å². The maximum atomic E-state index is 13.3. The average Bonchev–Trinajstić information content (AvgIpc) is 2.97. The van der Waals surface area contributed by atoms with Gasteiger partial charge in [0, 0.05) is 6.42 Å². The van der Waals surface area contributed by atoms with Crippen molar-refractivity contribution in [2.24, 2.45) is 5.92 Å². The molecule has 2 atom stereocenters. The molecule has 2 N–H and O–H groups in total. The molecule has 0 bridgehead atoms. The van der Waals surface area contributed by atoms with Crippen molar-refractivity contribution in [2.75, 3.05) is 19.8 Å². The fourth-order valence-corrected chi connectivity index (χ4v) is 4.33. The number of imide groups is 1. The molecule has 8 nitrogen and oxygen atoms in total. The van der Waals surface area contributed by atoms with Crippen LogP contribution in [0.5, 0.6) is 11.5 Å². The predicted molar refractivity (Wildman–Crippen MR) is 126 cm³/mol. The molecule has 0 radical (unpaired) electrons. The van der Waals surface area contributed by atoms with Crippen LogP contribution in [0.25, 0.3) is 0 Å². The third-order valence-electron chi connectivity index (χ3n) is 6.15. The molecule has 2 heterocycles. The third-order valence-corrected chi connectivity index (χ3v) is 6.15. The van der Waals surface area contributed by atoms with E-state index in [1.165, 1.54) is 0 Å². The van der Waals surface area contributed by atoms with Gasteiger partial charge in [0.25, 0.3) is 5.91 Å². The number of benzene rings is 2. The minimum Gasteiger partial charge on any atom is -0.490 e. The van der Waals surface area contributed by atoms with Gasteiger partial charge in [-0.05, 0) is 42.5 Å². The number of carbonyl (C=O) groups is 3. The SMILES string of the molecule is CC(C)CC(NC(=O)CN1C(=O)NC(C)(c2ccc3c(c2)OCCCO3)C1=O)c1ccccc1. The molecule has 0 saturated carbocycles. The van der Waals surface area contributed by atoms with Crippen LogP contribution in [0.2, 0.25) is 0 Å². The molecule has 2 aliphatic heterocycles. The van der Waals surface area contributed by atoms with Gasteiger partial charge in [0.15, 0.2) is 11.5 Å². The first-order valence-corrected chi connectivity index (χ1v) is 11.7. The number of urea groups is 1. The first kappa shape index (κ1) is 23.6. The number of rotatable bonds is 7. The third kappa shape index (κ3) is 4.85. The number of hydrogen-bond donors (Lipinski definition) is 2. The standard InChI is InChI=1S/C26H31N3O5/c1-17(2)14-20(18-8-5-4-6-9-18)27-23(30)16-29-24(31)26(3,28-25(29)32)19-10-11-21-22(15-19)34-13-7-12-33-21/h4-6,8-11,15,17,20H,7,12-14,16H2,1-3H3,(H,27,30)(H,28,32). The van der Waals surface area contributed by atoms with Gasteiger partial charge in [0.2, 0.25) is 5.91 Å². The topological polar surface area (TPSA) is 97.0 Å². The number of carbonyl (C=O) groups excluding carboxylic acids is 3. The van der Waals surface area contributed by atoms with E-state index in [1.54, 1.807) is 25.1 Å². The van der Waals surface area contributed by atoms with Gasteiger partial charge in [0.05, 0.1) is 19.3 Å². The van der Waals surface area contributed by atoms with E-state index in [0.29, 0.717) is 36.2 Å². The smallest absolute Gasteiger partial charge is 0.325 e. The number of nitrogens with zero attached hydrogens (tertiary/aromatic N) is 1. The quantitative estimate of drug-likeness (QED) is 0.610. The summed E-state index contributed by atoms with van der Waals surface area (Å²) in [6, 6.07) is 14.1. The van der Waals surface area contributed by atoms with Crippen LogP contribution in [0.1, 0.15) is 50.8 Å². The molecule has 2 aromatic carbocycles. The van der Waals surface area contributed by atoms with Crippen LogP contribution in [0.4, 0.5) is 4.79 Å². The summed E-state index contributed by atoms with van der Waals surface area (Å²) in [6.45, 7) is 6.52. The zero-order valence-electron chi connectivity index (χ0n) is 19.8. The number of amides is 4. The Bertz CT molecular complexity index is 1070. The lowest BCUT2D eigenvalue weighted by molar-refractivity contribution is -0.135. The Morgan fingerprint density at radius 1 is 1.09 bits per heavy atom. The average molecular weight is 466 g/mol. The minimum absolute atomic E-state index is 0.206. The molecule has 0 spiro atoms. The van der Waals surface area contributed by atoms with Gasteiger partial charge in [-0.15, -0.1) is 0 Å². The van der Waals surface area contributed by atoms with Gasteiger partial charge in [-0.1, -0.05) is 50.2 Å². The summed E-state index contributed by atoms with van der Waals surface area (Å²) in [5, 5.41) is 5.75. The highest BCUT2D eigenvalue weighted by molar-refractivity contribution is 6.09. The number of nitrogens with one attached hydrogen (secondary N) is 2. The van der Waals surface area contributed by atoms with E-state index < -0.39 is 17.5 Å². The largest absolute Gasteiger partial charge is 0.490 e. The molecule has 8 heteroatoms. The Balaban J connectivity index is 1.49. The summed E-state index contributed by atoms with van der Waals surface area (Å²) in [6.07, 6.45) is 1.51. The van der Waals surface area contributed by atoms with Crippen LogP contribution in [0.15, 0.2) is 48.5 Å². The van der Waals surface area contributed by atoms with Crippen molar-refractivity contribution in [3.8, 4) is 11.5 Å². The van der Waals surface area contributed by atoms with E-state index in [2.05, 4.69) is 24.5 Å². The maximum Gasteiger partial charge on any atom is 0.325 e. The van der Waals surface area contributed by atoms with Crippen molar-refractivity contribution >= 4 is 17.8 Å². The lowest BCUT2D eigenvalue weighted by Gasteiger charge is -2.24. The van der Waals surface area contributed by atoms with Crippen molar-refractivity contribution in [3.63, 3.8) is 0 Å². The van der Waals surface area contributed by atoms with Crippen molar-refractivity contribution in [1.82, 2.24) is 15.5 Å². The zero-order valence-corrected chi connectivity index (χ0v) is 19.8. The van der Waals surface area contributed by atoms with Crippen LogP contribution in [-0.2, 0) is 15.1 Å². The van der Waals surface area contributed by atoms with Gasteiger partial charge >= 0.3 is 6.03 Å². The van der Waals surface area contributed by atoms with E-state index in [9.17, 15) is 14.4 Å². The lowest BCUT2D eigenvalue weighted by atomic mass is 9.91. The summed E-state index contributed by atoms with van der Waals surface area (Å²) in [5.74, 6) is 0.622. The molecular weight excluding hydrogens is 434 g/mol. The lowest BCUT2D eigenvalue weighted by Crippen LogP contribution is -2.44. The molecule has 1 saturated heterocycles. The Hall–Kier alpha value is -3.55. The van der Waals surface area contributed by atoms with E-state index in [4.69, 9.17) is 9.47 Å². The summed E-state index contributed by atoms with van der Waals surface area (Å²) in [7, 11) is 0. The summed E-state index contributed by atoms with van der Waals surface area (Å²) in [4.78, 5) is 40.0. The molecule has 2 unspecified atom stereocenters. The number of hydrogen-bond acceptors (Lipinski definition) is 5. The highest BCUT2D eigenvalue weighted by Crippen LogP contribution is 2.36. The second-order valence-electron chi connectivity index (χ2n) is 9.32. The fraction of sp³-hybridized carbons (Fsp3) is 0.423. The van der Waals surface area contributed by atoms with Crippen LogP contribution < -0.4 is 20.1 Å². The summed E-state index contributed by atoms with van der Waals surface area (Å²) >= 11 is 0. The maximum absolute atomic E-state index is 13.3. The molecule has 180 valence electrons. The van der Waals surface area contributed by atoms with E-state index in [1.807, 2.05) is 30.3 Å². The number of ether oxygens (including phenoxy) is 2. The molecule has 2 aromatic rings. The predicted octanol–water partition coefficient (Wildman–Crippen LogP) is 3.52. The molecule has 34 heavy (non-hydrogen) atoms. The zero-order chi connectivity index (χ0) is 24.3. The second-order valence-corrected chi connectivity index (χ2v) is 9.32. The monoisotopic (exact) mass is 465 g/mol. The van der Waals surface area contributed by atoms with Gasteiger partial charge in [-0.3, -0.25) is 14.5 Å². The highest BCUT2D eigenvalue weighted by Gasteiger charge is 2.49. The van der Waals surface area contributed by atoms with Crippen molar-refractivity contribution in [2.45, 2.75) is 45.2 Å². The first-order chi connectivity index (χ1) is 16.3. The van der Waals surface area contributed by atoms with Gasteiger partial charge < -0.3 is 20.1 Å². The van der Waals surface area contributed by atoms with Crippen LogP contribution in [0.3, 0.4) is 0 Å². The van der Waals surface area contributed by atoms with Crippen LogP contribution in [0, 0.1) is 5.92 Å². The van der Waals surface area contributed by atoms with Crippen molar-refractivity contribution in [3.05, 3.63) is 59.7 Å². The van der Waals surface area contributed by atoms with Gasteiger partial charge in [-0.25, -0.2) is 4.79 Å². The molecule has 2 aliphatic rings. The molecule has 4 amide bonds. The van der Waals surface area contributed by atoms with Crippen LogP contribution >= 0.6 is 0 Å². The van der Waals surface area contributed by atoms with E-state index in [-0.39, 0.29) is 18.5 Å². The molecule has 0 aliphatic carbocycles. The van der Waals surface area contributed by atoms with Gasteiger partial charge in [0.1, 0.15) is 12.1 Å². The number of fused-ring (bicyclic) bond motifs is 1. The van der Waals surface area contributed by atoms with Gasteiger partial charge in [-0.2, -0.15) is 0 Å². The molecular formula is C26H31N3O5. The van der Waals surface area contributed by atoms with E-state index >= 15 is 0 Å². The fourth-order valence-electron chi connectivity index (χ4n) is 4.33. The minimum atomic E-state index is -1.31. The molecule has 0 aromatic heterocycles.